The Morgan fingerprint density at radius 2 is 0.875 bits per heavy atom. The quantitative estimate of drug-likeness (QED) is 0.0673. The van der Waals surface area contributed by atoms with Gasteiger partial charge in [0.2, 0.25) is 11.0 Å². The lowest BCUT2D eigenvalue weighted by atomic mass is 9.71. The van der Waals surface area contributed by atoms with Gasteiger partial charge in [-0.3, -0.25) is 0 Å². The van der Waals surface area contributed by atoms with Crippen LogP contribution in [0.15, 0.2) is 171 Å². The average molecular weight is 1620 g/mol. The topological polar surface area (TPSA) is 48.2 Å². The summed E-state index contributed by atoms with van der Waals surface area (Å²) in [5, 5.41) is 26.7. The monoisotopic (exact) mass is 1620 g/mol. The van der Waals surface area contributed by atoms with E-state index in [1.165, 1.54) is 12.1 Å². The molecule has 8 aromatic rings. The van der Waals surface area contributed by atoms with Crippen molar-refractivity contribution in [2.45, 2.75) is 122 Å². The van der Waals surface area contributed by atoms with Crippen LogP contribution < -0.4 is 77.1 Å². The predicted octanol–water partition coefficient (Wildman–Crippen LogP) is 5.31. The van der Waals surface area contributed by atoms with Crippen LogP contribution in [0.2, 0.25) is 5.02 Å². The van der Waals surface area contributed by atoms with E-state index in [0.29, 0.717) is 83.0 Å². The molecule has 6 nitrogen and oxygen atoms in total. The van der Waals surface area contributed by atoms with E-state index in [9.17, 15) is 62.9 Å². The Morgan fingerprint density at radius 3 is 1.27 bits per heavy atom. The number of aryl methyl sites for hydroxylation is 3. The van der Waals surface area contributed by atoms with Gasteiger partial charge in [-0.1, -0.05) is 71.3 Å². The fourth-order valence-corrected chi connectivity index (χ4v) is 16.1. The molecule has 0 radical (unpaired) electrons. The van der Waals surface area contributed by atoms with Crippen molar-refractivity contribution >= 4 is 33.4 Å². The van der Waals surface area contributed by atoms with E-state index in [1.807, 2.05) is 54.1 Å². The molecule has 6 fully saturated rings. The van der Waals surface area contributed by atoms with Gasteiger partial charge in [0.05, 0.1) is 59.2 Å². The highest BCUT2D eigenvalue weighted by Gasteiger charge is 2.56. The first-order valence-electron chi connectivity index (χ1n) is 30.9. The lowest BCUT2D eigenvalue weighted by Gasteiger charge is -2.58. The van der Waals surface area contributed by atoms with Gasteiger partial charge in [0.1, 0.15) is 37.4 Å². The molecule has 6 aliphatic heterocycles. The summed E-state index contributed by atoms with van der Waals surface area (Å²) >= 11 is 6.74. The fourth-order valence-electron chi connectivity index (χ4n) is 15.8. The molecular formula is C73H73Br4ClF12N4O2. The number of quaternary nitrogens is 2. The molecule has 2 aromatic heterocycles. The number of aliphatic hydroxyl groups is 2. The number of aromatic nitrogens is 2. The number of piperidine rings is 6. The van der Waals surface area contributed by atoms with Gasteiger partial charge in [-0.05, 0) is 111 Å². The zero-order chi connectivity index (χ0) is 66.0. The Kier molecular flexibility index (Phi) is 24.7. The fraction of sp³-hybridized carbons (Fsp3) is 0.370. The molecule has 6 saturated heterocycles. The molecule has 6 aliphatic rings. The first kappa shape index (κ1) is 78.2. The standard InChI is InChI=1S/C37H35F9N2O.C36H38ClF3N2O.4BrH/c1-3-25-21-48(20-24-15-28(36(41,42)43)18-29(16-24)37(44,45)46)11-9-26(25)17-33(48)34(49)31-8-10-47(32-7-5-4-6-30(31)32)19-23-12-22(2)13-27(14-23)35(38,39)40;1-4-26-21-42(22-28-10-9-23(2)17-32(28)37)14-12-27(26)19-34(42)35(43)31-11-13-41(33-8-6-5-7-30(31)33)20-25-15-24(3)16-29(18-25)36(38,39)40;;;;/h3-8,10,12-16,18,25-26,33-34,49H,1,9,11,17,19-21H2,2H3;4-11,13,15-18,26-27,34-35,43H,1,12,14,19-22H2,2-3H3;4*1H/q2*+2;;;;/p-4/t25?,26?,33?,34-,48?;26?,27?,34?,35-,42?;;;;/m11..../s1. The lowest BCUT2D eigenvalue weighted by Crippen LogP contribution is -3.00. The maximum Gasteiger partial charge on any atom is 0.416 e. The zero-order valence-corrected chi connectivity index (χ0v) is 59.7. The number of aliphatic hydroxyl groups excluding tert-OH is 2. The lowest BCUT2D eigenvalue weighted by molar-refractivity contribution is -0.985. The van der Waals surface area contributed by atoms with Crippen LogP contribution in [0, 0.1) is 44.4 Å². The Bertz CT molecular complexity index is 4080. The van der Waals surface area contributed by atoms with Gasteiger partial charge in [0.25, 0.3) is 0 Å². The molecule has 14 rings (SSSR count). The number of halogens is 17. The highest BCUT2D eigenvalue weighted by molar-refractivity contribution is 6.31. The van der Waals surface area contributed by atoms with Crippen molar-refractivity contribution in [2.24, 2.45) is 23.7 Å². The van der Waals surface area contributed by atoms with Gasteiger partial charge in [-0.25, -0.2) is 0 Å². The summed E-state index contributed by atoms with van der Waals surface area (Å²) in [6.07, 6.45) is -10.1. The summed E-state index contributed by atoms with van der Waals surface area (Å²) in [5.41, 5.74) is 2.90. The van der Waals surface area contributed by atoms with Crippen molar-refractivity contribution in [2.75, 3.05) is 26.2 Å². The molecule has 96 heavy (non-hydrogen) atoms. The van der Waals surface area contributed by atoms with Crippen LogP contribution in [-0.2, 0) is 50.9 Å². The Hall–Kier alpha value is -5.17. The maximum atomic E-state index is 13.8. The highest BCUT2D eigenvalue weighted by atomic mass is 79.9. The third-order valence-electron chi connectivity index (χ3n) is 20.1. The van der Waals surface area contributed by atoms with Crippen molar-refractivity contribution in [1.82, 2.24) is 0 Å². The number of hydrogen-bond donors (Lipinski definition) is 2. The highest BCUT2D eigenvalue weighted by Crippen LogP contribution is 2.51. The van der Waals surface area contributed by atoms with Crippen LogP contribution in [0.4, 0.5) is 52.7 Å². The third-order valence-corrected chi connectivity index (χ3v) is 20.5. The van der Waals surface area contributed by atoms with Crippen LogP contribution in [-0.4, -0.2) is 57.4 Å². The molecule has 8 unspecified atom stereocenters. The van der Waals surface area contributed by atoms with Crippen LogP contribution in [0.5, 0.6) is 0 Å². The molecular weight excluding hydrogens is 1550 g/mol. The second kappa shape index (κ2) is 30.3. The Labute approximate surface area is 598 Å². The number of pyridine rings is 2. The number of nitrogens with zero attached hydrogens (tertiary/aromatic N) is 4. The van der Waals surface area contributed by atoms with Crippen molar-refractivity contribution in [3.8, 4) is 0 Å². The normalized spacial score (nSPS) is 22.9. The summed E-state index contributed by atoms with van der Waals surface area (Å²) in [7, 11) is 0. The minimum atomic E-state index is -4.99. The predicted molar refractivity (Wildman–Crippen MR) is 329 cm³/mol. The number of hydrogen-bond acceptors (Lipinski definition) is 2. The Morgan fingerprint density at radius 1 is 0.490 bits per heavy atom. The zero-order valence-electron chi connectivity index (χ0n) is 52.6. The second-order valence-electron chi connectivity index (χ2n) is 26.2. The van der Waals surface area contributed by atoms with Crippen molar-refractivity contribution in [1.29, 1.82) is 0 Å². The van der Waals surface area contributed by atoms with Gasteiger partial charge in [0, 0.05) is 100 Å². The van der Waals surface area contributed by atoms with E-state index in [2.05, 4.69) is 31.4 Å². The minimum absolute atomic E-state index is 0. The SMILES string of the molecule is C=CC1C[N+]2(Cc3cc(C(F)(F)F)cc(C(F)(F)F)c3)CCC1CC2[C@H](O)c1cc[n+](Cc2cc(C)cc(C(F)(F)F)c2)c2ccccc12.C=CC1C[N+]2(Cc3ccc(C)cc3Cl)CCC1CC2[C@H](O)c1cc[n+](Cc2cc(C)cc(C(F)(F)F)c2)c2ccccc12.[Br-].[Br-].[Br-].[Br-]. The molecule has 2 N–H and O–H groups in total. The molecule has 8 heterocycles. The van der Waals surface area contributed by atoms with E-state index in [0.717, 1.165) is 93.8 Å². The maximum absolute atomic E-state index is 13.8. The average Bonchev–Trinajstić information content (AvgIpc) is 0.738. The van der Waals surface area contributed by atoms with Crippen LogP contribution in [0.3, 0.4) is 0 Å². The molecule has 23 heteroatoms. The number of alkyl halides is 12. The molecule has 6 aromatic carbocycles. The molecule has 516 valence electrons. The first-order valence-corrected chi connectivity index (χ1v) is 31.3. The number of benzene rings is 6. The Balaban J connectivity index is 0.000000262. The molecule has 0 aliphatic carbocycles. The molecule has 0 amide bonds. The van der Waals surface area contributed by atoms with Gasteiger partial charge in [-0.2, -0.15) is 61.8 Å². The van der Waals surface area contributed by atoms with Gasteiger partial charge in [-0.15, -0.1) is 13.2 Å². The molecule has 0 spiro atoms. The molecule has 4 bridgehead atoms. The van der Waals surface area contributed by atoms with Crippen LogP contribution >= 0.6 is 11.6 Å². The number of para-hydroxylation sites is 2. The van der Waals surface area contributed by atoms with Crippen molar-refractivity contribution < 1.29 is 149 Å². The molecule has 10 atom stereocenters. The van der Waals surface area contributed by atoms with E-state index >= 15 is 0 Å². The van der Waals surface area contributed by atoms with Crippen LogP contribution in [0.1, 0.15) is 110 Å². The summed E-state index contributed by atoms with van der Waals surface area (Å²) in [6, 6.07) is 34.0. The van der Waals surface area contributed by atoms with E-state index in [1.54, 1.807) is 73.2 Å². The largest absolute Gasteiger partial charge is 1.00 e. The van der Waals surface area contributed by atoms with E-state index in [4.69, 9.17) is 11.6 Å². The summed E-state index contributed by atoms with van der Waals surface area (Å²) in [6.45, 7) is 17.1. The number of rotatable bonds is 14. The van der Waals surface area contributed by atoms with Gasteiger partial charge in [0.15, 0.2) is 25.5 Å². The summed E-state index contributed by atoms with van der Waals surface area (Å²) in [4.78, 5) is 0. The van der Waals surface area contributed by atoms with E-state index in [-0.39, 0.29) is 115 Å². The summed E-state index contributed by atoms with van der Waals surface area (Å²) in [5.74, 6) is 0.978. The molecule has 0 saturated carbocycles. The van der Waals surface area contributed by atoms with Crippen molar-refractivity contribution in [3.63, 3.8) is 0 Å². The van der Waals surface area contributed by atoms with Gasteiger partial charge < -0.3 is 87.1 Å². The summed E-state index contributed by atoms with van der Waals surface area (Å²) < 4.78 is 168. The first-order chi connectivity index (χ1) is 43.3. The van der Waals surface area contributed by atoms with Crippen LogP contribution in [0.25, 0.3) is 21.8 Å². The van der Waals surface area contributed by atoms with E-state index < -0.39 is 65.2 Å². The number of fused-ring (bicyclic) bond motifs is 8. The second-order valence-corrected chi connectivity index (χ2v) is 26.6. The van der Waals surface area contributed by atoms with Gasteiger partial charge >= 0.3 is 24.7 Å². The third kappa shape index (κ3) is 16.5. The smallest absolute Gasteiger partial charge is 0.416 e. The van der Waals surface area contributed by atoms with Crippen molar-refractivity contribution in [3.05, 3.63) is 249 Å². The minimum Gasteiger partial charge on any atom is -1.00 e.